The molecule has 118 valence electrons. The molecule has 1 aliphatic carbocycles. The van der Waals surface area contributed by atoms with Crippen molar-refractivity contribution in [1.29, 1.82) is 0 Å². The van der Waals surface area contributed by atoms with Crippen LogP contribution in [0.1, 0.15) is 59.3 Å². The second kappa shape index (κ2) is 7.13. The Balaban J connectivity index is 0.00000200. The van der Waals surface area contributed by atoms with Crippen molar-refractivity contribution in [3.8, 4) is 0 Å². The molecule has 0 bridgehead atoms. The van der Waals surface area contributed by atoms with Gasteiger partial charge in [0.1, 0.15) is 0 Å². The van der Waals surface area contributed by atoms with E-state index in [2.05, 4.69) is 20.8 Å². The number of piperidine rings is 1. The van der Waals surface area contributed by atoms with Crippen molar-refractivity contribution in [1.82, 2.24) is 4.90 Å². The zero-order valence-electron chi connectivity index (χ0n) is 13.2. The van der Waals surface area contributed by atoms with E-state index in [9.17, 15) is 4.79 Å². The molecule has 1 saturated heterocycles. The zero-order chi connectivity index (χ0) is 14.0. The number of carbonyl (C=O) groups is 1. The summed E-state index contributed by atoms with van der Waals surface area (Å²) in [7, 11) is 0. The normalized spacial score (nSPS) is 33.4. The summed E-state index contributed by atoms with van der Waals surface area (Å²) < 4.78 is 0. The van der Waals surface area contributed by atoms with Gasteiger partial charge in [0.05, 0.1) is 0 Å². The minimum atomic E-state index is 0. The van der Waals surface area contributed by atoms with E-state index >= 15 is 0 Å². The average Bonchev–Trinajstić information content (AvgIpc) is 2.25. The summed E-state index contributed by atoms with van der Waals surface area (Å²) in [4.78, 5) is 14.4. The predicted molar refractivity (Wildman–Crippen MR) is 85.9 cm³/mol. The summed E-state index contributed by atoms with van der Waals surface area (Å²) in [5.74, 6) is 1.67. The summed E-state index contributed by atoms with van der Waals surface area (Å²) >= 11 is 0. The first-order valence-corrected chi connectivity index (χ1v) is 7.89. The van der Waals surface area contributed by atoms with Crippen molar-refractivity contribution in [3.05, 3.63) is 0 Å². The Hall–Kier alpha value is -0.280. The molecule has 1 amide bonds. The Morgan fingerprint density at radius 1 is 1.35 bits per heavy atom. The van der Waals surface area contributed by atoms with Crippen molar-refractivity contribution in [2.75, 3.05) is 13.1 Å². The highest BCUT2D eigenvalue weighted by Gasteiger charge is 2.34. The minimum absolute atomic E-state index is 0. The van der Waals surface area contributed by atoms with Crippen LogP contribution in [-0.4, -0.2) is 29.9 Å². The Morgan fingerprint density at radius 3 is 2.65 bits per heavy atom. The van der Waals surface area contributed by atoms with E-state index in [1.807, 2.05) is 4.90 Å². The van der Waals surface area contributed by atoms with Crippen LogP contribution in [0.25, 0.3) is 0 Å². The predicted octanol–water partition coefficient (Wildman–Crippen LogP) is 3.21. The first-order chi connectivity index (χ1) is 8.85. The fourth-order valence-corrected chi connectivity index (χ4v) is 4.31. The second-order valence-corrected chi connectivity index (χ2v) is 7.73. The highest BCUT2D eigenvalue weighted by molar-refractivity contribution is 5.85. The third-order valence-electron chi connectivity index (χ3n) is 4.75. The number of likely N-dealkylation sites (tertiary alicyclic amines) is 1. The third kappa shape index (κ3) is 4.92. The number of rotatable bonds is 2. The summed E-state index contributed by atoms with van der Waals surface area (Å²) in [6.07, 6.45) is 6.58. The number of carbonyl (C=O) groups excluding carboxylic acids is 1. The van der Waals surface area contributed by atoms with Gasteiger partial charge in [-0.2, -0.15) is 0 Å². The van der Waals surface area contributed by atoms with E-state index in [0.717, 1.165) is 38.3 Å². The fourth-order valence-electron chi connectivity index (χ4n) is 4.31. The number of nitrogens with two attached hydrogens (primary N) is 1. The largest absolute Gasteiger partial charge is 0.341 e. The quantitative estimate of drug-likeness (QED) is 0.851. The molecule has 2 rings (SSSR count). The number of nitrogens with zero attached hydrogens (tertiary/aromatic N) is 1. The molecule has 2 fully saturated rings. The lowest BCUT2D eigenvalue weighted by molar-refractivity contribution is -0.134. The van der Waals surface area contributed by atoms with Crippen LogP contribution in [0, 0.1) is 17.3 Å². The summed E-state index contributed by atoms with van der Waals surface area (Å²) in [6, 6.07) is 0.194. The first kappa shape index (κ1) is 17.8. The lowest BCUT2D eigenvalue weighted by atomic mass is 9.67. The molecular formula is C16H31ClN2O. The summed E-state index contributed by atoms with van der Waals surface area (Å²) in [5, 5.41) is 0. The van der Waals surface area contributed by atoms with E-state index in [1.54, 1.807) is 0 Å². The lowest BCUT2D eigenvalue weighted by Crippen LogP contribution is -2.46. The van der Waals surface area contributed by atoms with Gasteiger partial charge < -0.3 is 10.6 Å². The van der Waals surface area contributed by atoms with Crippen LogP contribution in [0.5, 0.6) is 0 Å². The maximum atomic E-state index is 12.4. The molecule has 3 nitrogen and oxygen atoms in total. The van der Waals surface area contributed by atoms with Crippen LogP contribution in [0.15, 0.2) is 0 Å². The second-order valence-electron chi connectivity index (χ2n) is 7.73. The van der Waals surface area contributed by atoms with Crippen molar-refractivity contribution in [2.24, 2.45) is 23.0 Å². The molecule has 0 radical (unpaired) electrons. The highest BCUT2D eigenvalue weighted by atomic mass is 35.5. The van der Waals surface area contributed by atoms with Crippen LogP contribution in [0.3, 0.4) is 0 Å². The molecule has 1 aliphatic heterocycles. The molecule has 3 atom stereocenters. The molecule has 0 aromatic rings. The van der Waals surface area contributed by atoms with Crippen LogP contribution >= 0.6 is 12.4 Å². The van der Waals surface area contributed by atoms with E-state index in [4.69, 9.17) is 5.73 Å². The third-order valence-corrected chi connectivity index (χ3v) is 4.75. The molecular weight excluding hydrogens is 272 g/mol. The highest BCUT2D eigenvalue weighted by Crippen LogP contribution is 2.43. The van der Waals surface area contributed by atoms with Gasteiger partial charge in [-0.25, -0.2) is 0 Å². The summed E-state index contributed by atoms with van der Waals surface area (Å²) in [5.41, 5.74) is 6.37. The van der Waals surface area contributed by atoms with Gasteiger partial charge >= 0.3 is 0 Å². The molecule has 0 spiro atoms. The average molecular weight is 303 g/mol. The molecule has 0 aromatic carbocycles. The van der Waals surface area contributed by atoms with Crippen LogP contribution in [0.4, 0.5) is 0 Å². The number of amides is 1. The Bertz CT molecular complexity index is 332. The van der Waals surface area contributed by atoms with Crippen LogP contribution in [-0.2, 0) is 4.79 Å². The maximum Gasteiger partial charge on any atom is 0.222 e. The van der Waals surface area contributed by atoms with E-state index in [1.165, 1.54) is 19.3 Å². The molecule has 20 heavy (non-hydrogen) atoms. The van der Waals surface area contributed by atoms with Crippen molar-refractivity contribution < 1.29 is 4.79 Å². The van der Waals surface area contributed by atoms with Crippen molar-refractivity contribution in [3.63, 3.8) is 0 Å². The minimum Gasteiger partial charge on any atom is -0.341 e. The van der Waals surface area contributed by atoms with Gasteiger partial charge in [0.25, 0.3) is 0 Å². The smallest absolute Gasteiger partial charge is 0.222 e. The monoisotopic (exact) mass is 302 g/mol. The number of hydrogen-bond donors (Lipinski definition) is 1. The number of halogens is 1. The first-order valence-electron chi connectivity index (χ1n) is 7.89. The van der Waals surface area contributed by atoms with Gasteiger partial charge in [-0.1, -0.05) is 20.8 Å². The Labute approximate surface area is 130 Å². The molecule has 2 aliphatic rings. The van der Waals surface area contributed by atoms with Gasteiger partial charge in [-0.05, 0) is 49.4 Å². The van der Waals surface area contributed by atoms with Gasteiger partial charge in [0.15, 0.2) is 0 Å². The lowest BCUT2D eigenvalue weighted by Gasteiger charge is -2.40. The SMILES string of the molecule is CC1CC(CC(=O)N2CCCC(N)C2)CC(C)(C)C1.Cl. The summed E-state index contributed by atoms with van der Waals surface area (Å²) in [6.45, 7) is 8.70. The Kier molecular flexibility index (Phi) is 6.33. The van der Waals surface area contributed by atoms with E-state index < -0.39 is 0 Å². The molecule has 1 heterocycles. The maximum absolute atomic E-state index is 12.4. The van der Waals surface area contributed by atoms with Gasteiger partial charge in [0.2, 0.25) is 5.91 Å². The Morgan fingerprint density at radius 2 is 2.05 bits per heavy atom. The van der Waals surface area contributed by atoms with E-state index in [0.29, 0.717) is 17.2 Å². The standard InChI is InChI=1S/C16H30N2O.ClH/c1-12-7-13(10-16(2,3)9-12)8-15(19)18-6-4-5-14(17)11-18;/h12-14H,4-11,17H2,1-3H3;1H. The van der Waals surface area contributed by atoms with E-state index in [-0.39, 0.29) is 18.4 Å². The van der Waals surface area contributed by atoms with Crippen molar-refractivity contribution in [2.45, 2.75) is 65.3 Å². The number of hydrogen-bond acceptors (Lipinski definition) is 2. The zero-order valence-corrected chi connectivity index (χ0v) is 14.0. The van der Waals surface area contributed by atoms with Gasteiger partial charge in [-0.3, -0.25) is 4.79 Å². The van der Waals surface area contributed by atoms with Gasteiger partial charge in [0, 0.05) is 25.6 Å². The fraction of sp³-hybridized carbons (Fsp3) is 0.938. The van der Waals surface area contributed by atoms with Crippen molar-refractivity contribution >= 4 is 18.3 Å². The molecule has 2 N–H and O–H groups in total. The van der Waals surface area contributed by atoms with Crippen LogP contribution in [0.2, 0.25) is 0 Å². The topological polar surface area (TPSA) is 46.3 Å². The molecule has 3 unspecified atom stereocenters. The molecule has 4 heteroatoms. The van der Waals surface area contributed by atoms with Crippen LogP contribution < -0.4 is 5.73 Å². The van der Waals surface area contributed by atoms with Gasteiger partial charge in [-0.15, -0.1) is 12.4 Å². The molecule has 0 aromatic heterocycles. The molecule has 1 saturated carbocycles.